The molecule has 0 N–H and O–H groups in total. The van der Waals surface area contributed by atoms with Crippen LogP contribution in [0.25, 0.3) is 0 Å². The van der Waals surface area contributed by atoms with Crippen LogP contribution in [0.3, 0.4) is 0 Å². The molecule has 4 aromatic rings. The van der Waals surface area contributed by atoms with Crippen LogP contribution in [-0.4, -0.2) is 6.21 Å². The van der Waals surface area contributed by atoms with Gasteiger partial charge in [0.2, 0.25) is 0 Å². The van der Waals surface area contributed by atoms with Gasteiger partial charge in [-0.2, -0.15) is 0 Å². The van der Waals surface area contributed by atoms with Crippen LogP contribution < -0.4 is 15.1 Å². The fourth-order valence-electron chi connectivity index (χ4n) is 4.34. The molecule has 190 valence electrons. The van der Waals surface area contributed by atoms with Crippen molar-refractivity contribution < 1.29 is 4.52 Å². The highest BCUT2D eigenvalue weighted by molar-refractivity contribution is 7.68. The minimum atomic E-state index is -0.975. The standard InChI is InChI=1S/C34H38NOP/c1-24(2)28-21-32(25(3)4)34(33(22-28)26(5)6)35-23-27-14-13-15-29(20-27)36-37(30-16-9-7-10-17-30)31-18-11-8-12-19-31/h7-26H,1-6H3. The molecule has 0 bridgehead atoms. The van der Waals surface area contributed by atoms with Gasteiger partial charge in [-0.3, -0.25) is 4.99 Å². The largest absolute Gasteiger partial charge is 0.464 e. The highest BCUT2D eigenvalue weighted by Crippen LogP contribution is 2.39. The maximum atomic E-state index is 6.65. The number of hydrogen-bond donors (Lipinski definition) is 0. The van der Waals surface area contributed by atoms with Crippen molar-refractivity contribution in [2.45, 2.75) is 59.3 Å². The van der Waals surface area contributed by atoms with Crippen molar-refractivity contribution in [2.75, 3.05) is 0 Å². The third-order valence-electron chi connectivity index (χ3n) is 6.48. The van der Waals surface area contributed by atoms with Crippen molar-refractivity contribution in [3.63, 3.8) is 0 Å². The molecule has 0 aromatic heterocycles. The van der Waals surface area contributed by atoms with Gasteiger partial charge in [-0.15, -0.1) is 0 Å². The summed E-state index contributed by atoms with van der Waals surface area (Å²) < 4.78 is 6.65. The van der Waals surface area contributed by atoms with Gasteiger partial charge in [0.25, 0.3) is 0 Å². The summed E-state index contributed by atoms with van der Waals surface area (Å²) in [5, 5.41) is 2.38. The van der Waals surface area contributed by atoms with E-state index < -0.39 is 8.15 Å². The molecule has 4 aromatic carbocycles. The van der Waals surface area contributed by atoms with E-state index in [9.17, 15) is 0 Å². The average molecular weight is 508 g/mol. The van der Waals surface area contributed by atoms with E-state index in [-0.39, 0.29) is 0 Å². The molecule has 37 heavy (non-hydrogen) atoms. The van der Waals surface area contributed by atoms with Gasteiger partial charge in [-0.1, -0.05) is 126 Å². The monoisotopic (exact) mass is 507 g/mol. The van der Waals surface area contributed by atoms with Crippen molar-refractivity contribution in [2.24, 2.45) is 4.99 Å². The van der Waals surface area contributed by atoms with Crippen molar-refractivity contribution in [1.82, 2.24) is 0 Å². The summed E-state index contributed by atoms with van der Waals surface area (Å²) in [6.45, 7) is 13.5. The van der Waals surface area contributed by atoms with E-state index in [4.69, 9.17) is 9.52 Å². The average Bonchev–Trinajstić information content (AvgIpc) is 2.91. The zero-order chi connectivity index (χ0) is 26.4. The van der Waals surface area contributed by atoms with E-state index >= 15 is 0 Å². The molecule has 0 saturated heterocycles. The van der Waals surface area contributed by atoms with Crippen molar-refractivity contribution in [1.29, 1.82) is 0 Å². The van der Waals surface area contributed by atoms with Gasteiger partial charge in [-0.05, 0) is 52.1 Å². The number of hydrogen-bond acceptors (Lipinski definition) is 2. The van der Waals surface area contributed by atoms with Gasteiger partial charge in [0.1, 0.15) is 5.75 Å². The summed E-state index contributed by atoms with van der Waals surface area (Å²) in [4.78, 5) is 5.08. The Hall–Kier alpha value is -3.22. The van der Waals surface area contributed by atoms with Gasteiger partial charge in [0.15, 0.2) is 8.15 Å². The lowest BCUT2D eigenvalue weighted by atomic mass is 9.87. The van der Waals surface area contributed by atoms with Crippen LogP contribution in [0.5, 0.6) is 5.75 Å². The molecule has 0 aliphatic heterocycles. The zero-order valence-electron chi connectivity index (χ0n) is 22.8. The third kappa shape index (κ3) is 6.76. The fourth-order valence-corrected chi connectivity index (χ4v) is 6.06. The van der Waals surface area contributed by atoms with Gasteiger partial charge in [-0.25, -0.2) is 0 Å². The normalized spacial score (nSPS) is 11.8. The van der Waals surface area contributed by atoms with E-state index in [0.717, 1.165) is 17.0 Å². The summed E-state index contributed by atoms with van der Waals surface area (Å²) in [6.07, 6.45) is 1.99. The Morgan fingerprint density at radius 1 is 0.622 bits per heavy atom. The smallest absolute Gasteiger partial charge is 0.150 e. The molecule has 2 nitrogen and oxygen atoms in total. The molecule has 0 atom stereocenters. The van der Waals surface area contributed by atoms with Gasteiger partial charge in [0, 0.05) is 16.8 Å². The van der Waals surface area contributed by atoms with E-state index in [1.54, 1.807) is 0 Å². The molecular weight excluding hydrogens is 469 g/mol. The Labute approximate surface area is 224 Å². The van der Waals surface area contributed by atoms with Gasteiger partial charge < -0.3 is 4.52 Å². The lowest BCUT2D eigenvalue weighted by Gasteiger charge is -2.20. The molecule has 0 saturated carbocycles. The molecule has 0 spiro atoms. The molecular formula is C34H38NOP. The second-order valence-corrected chi connectivity index (χ2v) is 12.2. The fraction of sp³-hybridized carbons (Fsp3) is 0.265. The van der Waals surface area contributed by atoms with E-state index in [0.29, 0.717) is 17.8 Å². The van der Waals surface area contributed by atoms with Crippen LogP contribution in [0.2, 0.25) is 0 Å². The second-order valence-electron chi connectivity index (χ2n) is 10.4. The Kier molecular flexibility index (Phi) is 8.95. The first kappa shape index (κ1) is 26.8. The highest BCUT2D eigenvalue weighted by atomic mass is 31.1. The van der Waals surface area contributed by atoms with Gasteiger partial charge >= 0.3 is 0 Å². The lowest BCUT2D eigenvalue weighted by Crippen LogP contribution is -2.15. The first-order valence-corrected chi connectivity index (χ1v) is 14.5. The first-order chi connectivity index (χ1) is 17.8. The van der Waals surface area contributed by atoms with Crippen molar-refractivity contribution in [3.8, 4) is 5.75 Å². The molecule has 4 rings (SSSR count). The summed E-state index contributed by atoms with van der Waals surface area (Å²) in [6, 6.07) is 33.9. The van der Waals surface area contributed by atoms with Crippen LogP contribution in [0.15, 0.2) is 102 Å². The SMILES string of the molecule is CC(C)c1cc(C(C)C)c(N=Cc2cccc(OP(c3ccccc3)c3ccccc3)c2)c(C(C)C)c1. The van der Waals surface area contributed by atoms with E-state index in [2.05, 4.69) is 120 Å². The van der Waals surface area contributed by atoms with Crippen LogP contribution in [0.4, 0.5) is 5.69 Å². The predicted octanol–water partition coefficient (Wildman–Crippen LogP) is 9.23. The number of benzene rings is 4. The maximum Gasteiger partial charge on any atom is 0.150 e. The zero-order valence-corrected chi connectivity index (χ0v) is 23.7. The Morgan fingerprint density at radius 2 is 1.16 bits per heavy atom. The highest BCUT2D eigenvalue weighted by Gasteiger charge is 2.18. The molecule has 0 heterocycles. The summed E-state index contributed by atoms with van der Waals surface area (Å²) in [5.41, 5.74) is 6.16. The Morgan fingerprint density at radius 3 is 1.65 bits per heavy atom. The van der Waals surface area contributed by atoms with Crippen LogP contribution in [0, 0.1) is 0 Å². The first-order valence-electron chi connectivity index (χ1n) is 13.2. The number of rotatable bonds is 9. The quantitative estimate of drug-likeness (QED) is 0.163. The van der Waals surface area contributed by atoms with E-state index in [1.165, 1.54) is 27.3 Å². The predicted molar refractivity (Wildman–Crippen MR) is 162 cm³/mol. The van der Waals surface area contributed by atoms with Crippen molar-refractivity contribution in [3.05, 3.63) is 119 Å². The summed E-state index contributed by atoms with van der Waals surface area (Å²) in [7, 11) is -0.975. The van der Waals surface area contributed by atoms with Crippen molar-refractivity contribution >= 4 is 30.7 Å². The van der Waals surface area contributed by atoms with Crippen LogP contribution >= 0.6 is 8.15 Å². The molecule has 0 aliphatic carbocycles. The van der Waals surface area contributed by atoms with Crippen LogP contribution in [-0.2, 0) is 0 Å². The molecule has 0 aliphatic rings. The minimum Gasteiger partial charge on any atom is -0.464 e. The molecule has 3 heteroatoms. The number of nitrogens with zero attached hydrogens (tertiary/aromatic N) is 1. The maximum absolute atomic E-state index is 6.65. The molecule has 0 amide bonds. The van der Waals surface area contributed by atoms with E-state index in [1.807, 2.05) is 24.4 Å². The Bertz CT molecular complexity index is 1260. The molecule has 0 unspecified atom stereocenters. The Balaban J connectivity index is 1.68. The minimum absolute atomic E-state index is 0.401. The molecule has 0 radical (unpaired) electrons. The number of aliphatic imine (C=N–C) groups is 1. The van der Waals surface area contributed by atoms with Crippen LogP contribution in [0.1, 0.15) is 81.5 Å². The van der Waals surface area contributed by atoms with Gasteiger partial charge in [0.05, 0.1) is 5.69 Å². The molecule has 0 fully saturated rings. The lowest BCUT2D eigenvalue weighted by molar-refractivity contribution is 0.629. The summed E-state index contributed by atoms with van der Waals surface area (Å²) >= 11 is 0. The topological polar surface area (TPSA) is 21.6 Å². The second kappa shape index (κ2) is 12.3. The summed E-state index contributed by atoms with van der Waals surface area (Å²) in [5.74, 6) is 2.15. The third-order valence-corrected chi connectivity index (χ3v) is 8.41.